The van der Waals surface area contributed by atoms with Crippen molar-refractivity contribution >= 4 is 12.0 Å². The third kappa shape index (κ3) is 2.68. The molecule has 1 aromatic rings. The van der Waals surface area contributed by atoms with Gasteiger partial charge in [-0.15, -0.1) is 0 Å². The summed E-state index contributed by atoms with van der Waals surface area (Å²) in [6, 6.07) is 5.66. The zero-order valence-corrected chi connectivity index (χ0v) is 8.74. The summed E-state index contributed by atoms with van der Waals surface area (Å²) in [5, 5.41) is 8.75. The Morgan fingerprint density at radius 1 is 1.40 bits per heavy atom. The van der Waals surface area contributed by atoms with Gasteiger partial charge in [-0.2, -0.15) is 5.26 Å². The highest BCUT2D eigenvalue weighted by molar-refractivity contribution is 5.90. The van der Waals surface area contributed by atoms with Crippen LogP contribution in [-0.2, 0) is 4.79 Å². The molecule has 2 N–H and O–H groups in total. The van der Waals surface area contributed by atoms with Gasteiger partial charge in [0.05, 0.1) is 11.6 Å². The van der Waals surface area contributed by atoms with Crippen molar-refractivity contribution in [3.63, 3.8) is 0 Å². The van der Waals surface area contributed by atoms with Crippen molar-refractivity contribution in [2.24, 2.45) is 5.73 Å². The van der Waals surface area contributed by atoms with Gasteiger partial charge in [-0.3, -0.25) is 4.79 Å². The quantitative estimate of drug-likeness (QED) is 0.738. The second-order valence-electron chi connectivity index (χ2n) is 3.37. The number of hydrogen-bond acceptors (Lipinski definition) is 2. The molecule has 0 spiro atoms. The van der Waals surface area contributed by atoms with E-state index in [0.29, 0.717) is 5.56 Å². The maximum absolute atomic E-state index is 10.6. The monoisotopic (exact) mass is 200 g/mol. The third-order valence-corrected chi connectivity index (χ3v) is 2.14. The average molecular weight is 200 g/mol. The maximum Gasteiger partial charge on any atom is 0.241 e. The number of hydrogen-bond donors (Lipinski definition) is 1. The number of rotatable bonds is 2. The van der Waals surface area contributed by atoms with Crippen molar-refractivity contribution in [2.75, 3.05) is 0 Å². The van der Waals surface area contributed by atoms with Crippen LogP contribution in [0, 0.1) is 25.2 Å². The lowest BCUT2D eigenvalue weighted by molar-refractivity contribution is -0.113. The topological polar surface area (TPSA) is 66.9 Å². The van der Waals surface area contributed by atoms with E-state index in [0.717, 1.165) is 16.7 Å². The van der Waals surface area contributed by atoms with E-state index in [2.05, 4.69) is 6.07 Å². The fourth-order valence-corrected chi connectivity index (χ4v) is 1.47. The highest BCUT2D eigenvalue weighted by atomic mass is 16.1. The van der Waals surface area contributed by atoms with Crippen LogP contribution in [0.1, 0.15) is 22.3 Å². The van der Waals surface area contributed by atoms with Gasteiger partial charge in [-0.05, 0) is 48.7 Å². The van der Waals surface area contributed by atoms with Gasteiger partial charge in [-0.1, -0.05) is 0 Å². The van der Waals surface area contributed by atoms with Crippen LogP contribution in [0.2, 0.25) is 0 Å². The van der Waals surface area contributed by atoms with Crippen molar-refractivity contribution in [1.82, 2.24) is 0 Å². The Morgan fingerprint density at radius 2 is 1.93 bits per heavy atom. The Morgan fingerprint density at radius 3 is 2.33 bits per heavy atom. The summed E-state index contributed by atoms with van der Waals surface area (Å²) in [5.41, 5.74) is 8.51. The molecule has 3 nitrogen and oxygen atoms in total. The van der Waals surface area contributed by atoms with Gasteiger partial charge in [0.15, 0.2) is 0 Å². The van der Waals surface area contributed by atoms with E-state index in [9.17, 15) is 4.79 Å². The lowest BCUT2D eigenvalue weighted by Gasteiger charge is -2.05. The van der Waals surface area contributed by atoms with Crippen LogP contribution in [0.15, 0.2) is 18.2 Å². The molecule has 0 fully saturated rings. The smallest absolute Gasteiger partial charge is 0.241 e. The van der Waals surface area contributed by atoms with Crippen molar-refractivity contribution in [3.05, 3.63) is 40.5 Å². The van der Waals surface area contributed by atoms with E-state index in [4.69, 9.17) is 11.0 Å². The first-order valence-corrected chi connectivity index (χ1v) is 4.53. The molecule has 3 heteroatoms. The fourth-order valence-electron chi connectivity index (χ4n) is 1.47. The number of benzene rings is 1. The SMILES string of the molecule is Cc1cc(C#N)cc(C)c1C=CC(N)=O. The zero-order chi connectivity index (χ0) is 11.4. The van der Waals surface area contributed by atoms with E-state index in [-0.39, 0.29) is 0 Å². The number of aryl methyl sites for hydroxylation is 2. The van der Waals surface area contributed by atoms with E-state index < -0.39 is 5.91 Å². The molecule has 1 aromatic carbocycles. The molecule has 76 valence electrons. The number of primary amides is 1. The van der Waals surface area contributed by atoms with E-state index in [1.807, 2.05) is 13.8 Å². The maximum atomic E-state index is 10.6. The van der Waals surface area contributed by atoms with Crippen LogP contribution in [0.3, 0.4) is 0 Å². The van der Waals surface area contributed by atoms with Crippen LogP contribution in [0.4, 0.5) is 0 Å². The first-order chi connectivity index (χ1) is 7.04. The molecule has 1 rings (SSSR count). The normalized spacial score (nSPS) is 10.2. The second-order valence-corrected chi connectivity index (χ2v) is 3.37. The van der Waals surface area contributed by atoms with Crippen LogP contribution >= 0.6 is 0 Å². The minimum atomic E-state index is -0.474. The largest absolute Gasteiger partial charge is 0.366 e. The summed E-state index contributed by atoms with van der Waals surface area (Å²) in [7, 11) is 0. The molecule has 0 aliphatic carbocycles. The lowest BCUT2D eigenvalue weighted by atomic mass is 9.99. The molecular formula is C12H12N2O. The zero-order valence-electron chi connectivity index (χ0n) is 8.74. The summed E-state index contributed by atoms with van der Waals surface area (Å²) in [6.45, 7) is 3.79. The predicted molar refractivity (Wildman–Crippen MR) is 58.9 cm³/mol. The number of nitrogens with zero attached hydrogens (tertiary/aromatic N) is 1. The summed E-state index contributed by atoms with van der Waals surface area (Å²) in [6.07, 6.45) is 3.00. The van der Waals surface area contributed by atoms with Gasteiger partial charge < -0.3 is 5.73 Å². The van der Waals surface area contributed by atoms with Gasteiger partial charge in [-0.25, -0.2) is 0 Å². The Hall–Kier alpha value is -2.08. The van der Waals surface area contributed by atoms with Crippen LogP contribution in [0.25, 0.3) is 6.08 Å². The average Bonchev–Trinajstić information content (AvgIpc) is 2.15. The van der Waals surface area contributed by atoms with Gasteiger partial charge in [0, 0.05) is 6.08 Å². The third-order valence-electron chi connectivity index (χ3n) is 2.14. The minimum absolute atomic E-state index is 0.474. The Bertz CT molecular complexity index is 444. The Balaban J connectivity index is 3.21. The van der Waals surface area contributed by atoms with Gasteiger partial charge in [0.1, 0.15) is 0 Å². The molecule has 0 unspecified atom stereocenters. The number of carbonyl (C=O) groups excluding carboxylic acids is 1. The van der Waals surface area contributed by atoms with E-state index in [1.54, 1.807) is 18.2 Å². The number of nitrogens with two attached hydrogens (primary N) is 1. The number of carbonyl (C=O) groups is 1. The first kappa shape index (κ1) is 11.0. The van der Waals surface area contributed by atoms with Crippen LogP contribution in [-0.4, -0.2) is 5.91 Å². The molecule has 0 aliphatic rings. The predicted octanol–water partition coefficient (Wildman–Crippen LogP) is 1.67. The van der Waals surface area contributed by atoms with Gasteiger partial charge in [0.2, 0.25) is 5.91 Å². The van der Waals surface area contributed by atoms with Gasteiger partial charge >= 0.3 is 0 Å². The van der Waals surface area contributed by atoms with Crippen molar-refractivity contribution in [2.45, 2.75) is 13.8 Å². The molecule has 0 aliphatic heterocycles. The Kier molecular flexibility index (Phi) is 3.25. The number of nitriles is 1. The molecule has 0 atom stereocenters. The van der Waals surface area contributed by atoms with Crippen molar-refractivity contribution in [1.29, 1.82) is 5.26 Å². The molecule has 0 radical (unpaired) electrons. The second kappa shape index (κ2) is 4.43. The highest BCUT2D eigenvalue weighted by Crippen LogP contribution is 2.17. The molecule has 0 saturated heterocycles. The first-order valence-electron chi connectivity index (χ1n) is 4.53. The summed E-state index contributed by atoms with van der Waals surface area (Å²) < 4.78 is 0. The number of amides is 1. The lowest BCUT2D eigenvalue weighted by Crippen LogP contribution is -2.05. The molecular weight excluding hydrogens is 188 g/mol. The van der Waals surface area contributed by atoms with Crippen molar-refractivity contribution in [3.8, 4) is 6.07 Å². The van der Waals surface area contributed by atoms with Crippen LogP contribution < -0.4 is 5.73 Å². The standard InChI is InChI=1S/C12H12N2O/c1-8-5-10(7-13)6-9(2)11(8)3-4-12(14)15/h3-6H,1-2H3,(H2,14,15). The Labute approximate surface area is 88.8 Å². The van der Waals surface area contributed by atoms with E-state index >= 15 is 0 Å². The molecule has 0 saturated carbocycles. The minimum Gasteiger partial charge on any atom is -0.366 e. The van der Waals surface area contributed by atoms with Crippen molar-refractivity contribution < 1.29 is 4.79 Å². The molecule has 0 bridgehead atoms. The molecule has 0 aromatic heterocycles. The molecule has 1 amide bonds. The highest BCUT2D eigenvalue weighted by Gasteiger charge is 2.02. The fraction of sp³-hybridized carbons (Fsp3) is 0.167. The van der Waals surface area contributed by atoms with Gasteiger partial charge in [0.25, 0.3) is 0 Å². The molecule has 0 heterocycles. The van der Waals surface area contributed by atoms with E-state index in [1.165, 1.54) is 6.08 Å². The molecule has 15 heavy (non-hydrogen) atoms. The summed E-state index contributed by atoms with van der Waals surface area (Å²) in [4.78, 5) is 10.6. The summed E-state index contributed by atoms with van der Waals surface area (Å²) in [5.74, 6) is -0.474. The summed E-state index contributed by atoms with van der Waals surface area (Å²) >= 11 is 0. The van der Waals surface area contributed by atoms with Crippen LogP contribution in [0.5, 0.6) is 0 Å².